The first-order valence-corrected chi connectivity index (χ1v) is 4.64. The first-order valence-electron chi connectivity index (χ1n) is 4.64. The number of hydrogen-bond acceptors (Lipinski definition) is 2. The van der Waals surface area contributed by atoms with Gasteiger partial charge >= 0.3 is 0 Å². The third-order valence-corrected chi connectivity index (χ3v) is 2.36. The molecule has 0 saturated heterocycles. The molecule has 0 spiro atoms. The number of hydrogen-bond donors (Lipinski definition) is 1. The van der Waals surface area contributed by atoms with Crippen LogP contribution < -0.4 is 5.32 Å². The lowest BCUT2D eigenvalue weighted by Gasteiger charge is -2.20. The van der Waals surface area contributed by atoms with E-state index in [1.807, 2.05) is 0 Å². The van der Waals surface area contributed by atoms with E-state index in [9.17, 15) is 0 Å². The van der Waals surface area contributed by atoms with Gasteiger partial charge in [0, 0.05) is 25.2 Å². The lowest BCUT2D eigenvalue weighted by Crippen LogP contribution is -2.34. The maximum atomic E-state index is 3.50. The van der Waals surface area contributed by atoms with Gasteiger partial charge in [0.15, 0.2) is 0 Å². The molecule has 1 rings (SSSR count). The Balaban J connectivity index is 1.92. The van der Waals surface area contributed by atoms with Gasteiger partial charge in [0.25, 0.3) is 0 Å². The molecule has 0 aromatic heterocycles. The Morgan fingerprint density at radius 1 is 1.45 bits per heavy atom. The number of rotatable bonds is 5. The van der Waals surface area contributed by atoms with Crippen LogP contribution in [0.4, 0.5) is 0 Å². The van der Waals surface area contributed by atoms with E-state index >= 15 is 0 Å². The third kappa shape index (κ3) is 3.73. The topological polar surface area (TPSA) is 15.3 Å². The van der Waals surface area contributed by atoms with Crippen LogP contribution in [0, 0.1) is 0 Å². The maximum absolute atomic E-state index is 3.50. The monoisotopic (exact) mass is 156 g/mol. The van der Waals surface area contributed by atoms with Gasteiger partial charge in [0.1, 0.15) is 0 Å². The highest BCUT2D eigenvalue weighted by Crippen LogP contribution is 2.17. The Kier molecular flexibility index (Phi) is 3.34. The van der Waals surface area contributed by atoms with Gasteiger partial charge in [-0.15, -0.1) is 0 Å². The largest absolute Gasteiger partial charge is 0.313 e. The second kappa shape index (κ2) is 4.07. The normalized spacial score (nSPS) is 18.3. The highest BCUT2D eigenvalue weighted by atomic mass is 15.1. The molecule has 0 unspecified atom stereocenters. The molecule has 0 bridgehead atoms. The molecule has 0 atom stereocenters. The summed E-state index contributed by atoms with van der Waals surface area (Å²) in [5.41, 5.74) is 0. The summed E-state index contributed by atoms with van der Waals surface area (Å²) in [4.78, 5) is 2.37. The third-order valence-electron chi connectivity index (χ3n) is 2.36. The SMILES string of the molecule is CC(C)N(C)CCNC1CC1. The van der Waals surface area contributed by atoms with Gasteiger partial charge in [0.05, 0.1) is 0 Å². The van der Waals surface area contributed by atoms with Gasteiger partial charge in [-0.1, -0.05) is 0 Å². The van der Waals surface area contributed by atoms with Crippen molar-refractivity contribution in [3.8, 4) is 0 Å². The fourth-order valence-electron chi connectivity index (χ4n) is 0.991. The molecule has 1 N–H and O–H groups in total. The Bertz CT molecular complexity index is 108. The van der Waals surface area contributed by atoms with Gasteiger partial charge < -0.3 is 10.2 Å². The first kappa shape index (κ1) is 9.01. The van der Waals surface area contributed by atoms with E-state index in [0.717, 1.165) is 12.6 Å². The molecule has 0 aliphatic heterocycles. The number of likely N-dealkylation sites (N-methyl/N-ethyl adjacent to an activating group) is 1. The second-order valence-corrected chi connectivity index (χ2v) is 3.80. The van der Waals surface area contributed by atoms with E-state index in [0.29, 0.717) is 6.04 Å². The Hall–Kier alpha value is -0.0800. The number of nitrogens with zero attached hydrogens (tertiary/aromatic N) is 1. The van der Waals surface area contributed by atoms with Crippen molar-refractivity contribution in [2.45, 2.75) is 38.8 Å². The summed E-state index contributed by atoms with van der Waals surface area (Å²) in [6.45, 7) is 6.79. The quantitative estimate of drug-likeness (QED) is 0.641. The van der Waals surface area contributed by atoms with Crippen molar-refractivity contribution in [2.24, 2.45) is 0 Å². The standard InChI is InChI=1S/C9H20N2/c1-8(2)11(3)7-6-10-9-4-5-9/h8-10H,4-7H2,1-3H3. The van der Waals surface area contributed by atoms with Crippen molar-refractivity contribution in [3.05, 3.63) is 0 Å². The van der Waals surface area contributed by atoms with Crippen LogP contribution in [0.3, 0.4) is 0 Å². The molecule has 1 fully saturated rings. The lowest BCUT2D eigenvalue weighted by molar-refractivity contribution is 0.273. The molecule has 11 heavy (non-hydrogen) atoms. The molecule has 1 aliphatic rings. The van der Waals surface area contributed by atoms with Gasteiger partial charge in [-0.05, 0) is 33.7 Å². The second-order valence-electron chi connectivity index (χ2n) is 3.80. The number of nitrogens with one attached hydrogen (secondary N) is 1. The molecular weight excluding hydrogens is 136 g/mol. The maximum Gasteiger partial charge on any atom is 0.0107 e. The van der Waals surface area contributed by atoms with Crippen molar-refractivity contribution in [2.75, 3.05) is 20.1 Å². The molecule has 0 heterocycles. The van der Waals surface area contributed by atoms with Crippen LogP contribution in [0.15, 0.2) is 0 Å². The minimum absolute atomic E-state index is 0.677. The first-order chi connectivity index (χ1) is 5.20. The summed E-state index contributed by atoms with van der Waals surface area (Å²) in [7, 11) is 2.18. The summed E-state index contributed by atoms with van der Waals surface area (Å²) in [5.74, 6) is 0. The van der Waals surface area contributed by atoms with E-state index < -0.39 is 0 Å². The molecule has 2 nitrogen and oxygen atoms in total. The average Bonchev–Trinajstić information content (AvgIpc) is 2.71. The Morgan fingerprint density at radius 3 is 2.55 bits per heavy atom. The molecule has 1 saturated carbocycles. The van der Waals surface area contributed by atoms with E-state index in [1.165, 1.54) is 19.4 Å². The Morgan fingerprint density at radius 2 is 2.09 bits per heavy atom. The Labute approximate surface area is 70.0 Å². The van der Waals surface area contributed by atoms with Crippen LogP contribution in [-0.4, -0.2) is 37.1 Å². The zero-order valence-electron chi connectivity index (χ0n) is 7.93. The molecule has 2 heteroatoms. The fourth-order valence-corrected chi connectivity index (χ4v) is 0.991. The van der Waals surface area contributed by atoms with E-state index in [2.05, 4.69) is 31.1 Å². The minimum Gasteiger partial charge on any atom is -0.313 e. The van der Waals surface area contributed by atoms with Gasteiger partial charge in [-0.3, -0.25) is 0 Å². The molecule has 0 amide bonds. The zero-order chi connectivity index (χ0) is 8.27. The summed E-state index contributed by atoms with van der Waals surface area (Å²) in [5, 5.41) is 3.50. The van der Waals surface area contributed by atoms with Crippen molar-refractivity contribution in [1.82, 2.24) is 10.2 Å². The fraction of sp³-hybridized carbons (Fsp3) is 1.00. The molecule has 66 valence electrons. The van der Waals surface area contributed by atoms with Crippen LogP contribution >= 0.6 is 0 Å². The van der Waals surface area contributed by atoms with Crippen LogP contribution in [-0.2, 0) is 0 Å². The predicted molar refractivity (Wildman–Crippen MR) is 48.8 cm³/mol. The molecule has 0 aromatic carbocycles. The van der Waals surface area contributed by atoms with Crippen molar-refractivity contribution >= 4 is 0 Å². The van der Waals surface area contributed by atoms with Crippen molar-refractivity contribution in [1.29, 1.82) is 0 Å². The molecular formula is C9H20N2. The van der Waals surface area contributed by atoms with Crippen LogP contribution in [0.1, 0.15) is 26.7 Å². The highest BCUT2D eigenvalue weighted by Gasteiger charge is 2.19. The van der Waals surface area contributed by atoms with Crippen LogP contribution in [0.2, 0.25) is 0 Å². The van der Waals surface area contributed by atoms with Crippen LogP contribution in [0.5, 0.6) is 0 Å². The van der Waals surface area contributed by atoms with Crippen LogP contribution in [0.25, 0.3) is 0 Å². The van der Waals surface area contributed by atoms with E-state index in [-0.39, 0.29) is 0 Å². The van der Waals surface area contributed by atoms with E-state index in [4.69, 9.17) is 0 Å². The average molecular weight is 156 g/mol. The molecule has 0 aromatic rings. The summed E-state index contributed by atoms with van der Waals surface area (Å²) in [6.07, 6.45) is 2.79. The highest BCUT2D eigenvalue weighted by molar-refractivity contribution is 4.80. The van der Waals surface area contributed by atoms with Crippen molar-refractivity contribution in [3.63, 3.8) is 0 Å². The zero-order valence-corrected chi connectivity index (χ0v) is 7.93. The molecule has 1 aliphatic carbocycles. The summed E-state index contributed by atoms with van der Waals surface area (Å²) >= 11 is 0. The van der Waals surface area contributed by atoms with Gasteiger partial charge in [-0.2, -0.15) is 0 Å². The minimum atomic E-state index is 0.677. The smallest absolute Gasteiger partial charge is 0.0107 e. The lowest BCUT2D eigenvalue weighted by atomic mass is 10.3. The predicted octanol–water partition coefficient (Wildman–Crippen LogP) is 1.08. The van der Waals surface area contributed by atoms with E-state index in [1.54, 1.807) is 0 Å². The summed E-state index contributed by atoms with van der Waals surface area (Å²) < 4.78 is 0. The van der Waals surface area contributed by atoms with Gasteiger partial charge in [0.2, 0.25) is 0 Å². The van der Waals surface area contributed by atoms with Gasteiger partial charge in [-0.25, -0.2) is 0 Å². The molecule has 0 radical (unpaired) electrons. The van der Waals surface area contributed by atoms with Crippen molar-refractivity contribution < 1.29 is 0 Å². The summed E-state index contributed by atoms with van der Waals surface area (Å²) in [6, 6.07) is 1.53.